The van der Waals surface area contributed by atoms with Gasteiger partial charge >= 0.3 is 0 Å². The number of halogens is 2. The molecule has 1 heterocycles. The van der Waals surface area contributed by atoms with E-state index in [4.69, 9.17) is 23.2 Å². The molecule has 0 fully saturated rings. The van der Waals surface area contributed by atoms with Crippen molar-refractivity contribution in [2.75, 3.05) is 18.0 Å². The van der Waals surface area contributed by atoms with Crippen molar-refractivity contribution >= 4 is 41.0 Å². The number of hydrogen-bond donors (Lipinski definition) is 2. The molecule has 0 aliphatic rings. The second-order valence-corrected chi connectivity index (χ2v) is 7.07. The first-order valence-corrected chi connectivity index (χ1v) is 9.96. The van der Waals surface area contributed by atoms with Crippen LogP contribution in [0.4, 0.5) is 5.69 Å². The van der Waals surface area contributed by atoms with Crippen LogP contribution in [0.5, 0.6) is 0 Å². The standard InChI is InChI=1S/C21H21Cl2N5O/c1-3-28(4-2)16-8-5-14(6-9-16)13-24-27-21(29)20-12-19(25-26-20)15-7-10-17(22)18(23)11-15/h5-13H,3-4H2,1-2H3,(H,25,26)(H,27,29). The molecule has 150 valence electrons. The van der Waals surface area contributed by atoms with Gasteiger partial charge in [-0.15, -0.1) is 0 Å². The summed E-state index contributed by atoms with van der Waals surface area (Å²) < 4.78 is 0. The average Bonchev–Trinajstić information content (AvgIpc) is 3.22. The highest BCUT2D eigenvalue weighted by Crippen LogP contribution is 2.27. The van der Waals surface area contributed by atoms with Gasteiger partial charge in [0.25, 0.3) is 5.91 Å². The number of H-pyrrole nitrogens is 1. The molecule has 2 N–H and O–H groups in total. The van der Waals surface area contributed by atoms with Crippen molar-refractivity contribution in [3.05, 3.63) is 69.8 Å². The fraction of sp³-hybridized carbons (Fsp3) is 0.190. The molecule has 0 radical (unpaired) electrons. The Morgan fingerprint density at radius 1 is 1.10 bits per heavy atom. The molecule has 3 rings (SSSR count). The Morgan fingerprint density at radius 3 is 2.48 bits per heavy atom. The van der Waals surface area contributed by atoms with E-state index in [0.717, 1.165) is 29.9 Å². The maximum absolute atomic E-state index is 12.3. The summed E-state index contributed by atoms with van der Waals surface area (Å²) in [4.78, 5) is 14.5. The van der Waals surface area contributed by atoms with E-state index in [0.29, 0.717) is 21.4 Å². The molecule has 8 heteroatoms. The highest BCUT2D eigenvalue weighted by atomic mass is 35.5. The summed E-state index contributed by atoms with van der Waals surface area (Å²) >= 11 is 12.0. The third-order valence-electron chi connectivity index (χ3n) is 4.44. The molecule has 6 nitrogen and oxygen atoms in total. The maximum atomic E-state index is 12.3. The Bertz CT molecular complexity index is 1010. The number of hydrogen-bond acceptors (Lipinski definition) is 4. The Labute approximate surface area is 179 Å². The number of carbonyl (C=O) groups excluding carboxylic acids is 1. The van der Waals surface area contributed by atoms with Gasteiger partial charge in [-0.25, -0.2) is 5.43 Å². The van der Waals surface area contributed by atoms with Gasteiger partial charge in [-0.05, 0) is 49.7 Å². The minimum atomic E-state index is -0.389. The molecular weight excluding hydrogens is 409 g/mol. The normalized spacial score (nSPS) is 11.0. The molecule has 0 unspecified atom stereocenters. The maximum Gasteiger partial charge on any atom is 0.289 e. The number of rotatable bonds is 7. The Hall–Kier alpha value is -2.83. The zero-order valence-electron chi connectivity index (χ0n) is 16.1. The second-order valence-electron chi connectivity index (χ2n) is 6.26. The summed E-state index contributed by atoms with van der Waals surface area (Å²) in [5.41, 5.74) is 6.18. The molecular formula is C21H21Cl2N5O. The number of nitrogens with zero attached hydrogens (tertiary/aromatic N) is 3. The molecule has 0 atom stereocenters. The molecule has 0 bridgehead atoms. The first-order valence-electron chi connectivity index (χ1n) is 9.21. The third kappa shape index (κ3) is 5.16. The van der Waals surface area contributed by atoms with E-state index in [1.54, 1.807) is 30.5 Å². The predicted molar refractivity (Wildman–Crippen MR) is 119 cm³/mol. The van der Waals surface area contributed by atoms with Gasteiger partial charge in [0.15, 0.2) is 0 Å². The number of aromatic nitrogens is 2. The summed E-state index contributed by atoms with van der Waals surface area (Å²) in [6.07, 6.45) is 1.60. The van der Waals surface area contributed by atoms with Crippen molar-refractivity contribution < 1.29 is 4.79 Å². The first kappa shape index (κ1) is 20.9. The lowest BCUT2D eigenvalue weighted by Crippen LogP contribution is -2.21. The fourth-order valence-electron chi connectivity index (χ4n) is 2.83. The van der Waals surface area contributed by atoms with E-state index in [9.17, 15) is 4.79 Å². The molecule has 0 saturated heterocycles. The molecule has 0 saturated carbocycles. The van der Waals surface area contributed by atoms with Crippen LogP contribution in [-0.4, -0.2) is 35.4 Å². The molecule has 0 spiro atoms. The number of carbonyl (C=O) groups is 1. The van der Waals surface area contributed by atoms with Crippen LogP contribution in [0.3, 0.4) is 0 Å². The van der Waals surface area contributed by atoms with Gasteiger partial charge in [-0.2, -0.15) is 10.2 Å². The fourth-order valence-corrected chi connectivity index (χ4v) is 3.13. The van der Waals surface area contributed by atoms with Crippen LogP contribution in [0.25, 0.3) is 11.3 Å². The van der Waals surface area contributed by atoms with E-state index < -0.39 is 0 Å². The van der Waals surface area contributed by atoms with E-state index in [1.807, 2.05) is 24.3 Å². The largest absolute Gasteiger partial charge is 0.372 e. The number of amides is 1. The van der Waals surface area contributed by atoms with Gasteiger partial charge in [0.2, 0.25) is 0 Å². The minimum absolute atomic E-state index is 0.292. The Kier molecular flexibility index (Phi) is 6.90. The summed E-state index contributed by atoms with van der Waals surface area (Å²) in [6.45, 7) is 6.15. The molecule has 0 aliphatic heterocycles. The number of nitrogens with one attached hydrogen (secondary N) is 2. The van der Waals surface area contributed by atoms with Crippen LogP contribution in [0.15, 0.2) is 53.6 Å². The zero-order valence-corrected chi connectivity index (χ0v) is 17.6. The van der Waals surface area contributed by atoms with E-state index in [1.165, 1.54) is 0 Å². The number of hydrazone groups is 1. The van der Waals surface area contributed by atoms with Gasteiger partial charge < -0.3 is 4.90 Å². The minimum Gasteiger partial charge on any atom is -0.372 e. The number of benzene rings is 2. The molecule has 1 aromatic heterocycles. The third-order valence-corrected chi connectivity index (χ3v) is 5.18. The van der Waals surface area contributed by atoms with Crippen molar-refractivity contribution in [1.29, 1.82) is 0 Å². The van der Waals surface area contributed by atoms with Crippen LogP contribution in [0.1, 0.15) is 29.9 Å². The first-order chi connectivity index (χ1) is 14.0. The topological polar surface area (TPSA) is 73.4 Å². The molecule has 3 aromatic rings. The predicted octanol–water partition coefficient (Wildman–Crippen LogP) is 4.99. The second kappa shape index (κ2) is 9.58. The highest BCUT2D eigenvalue weighted by molar-refractivity contribution is 6.42. The lowest BCUT2D eigenvalue weighted by molar-refractivity contribution is 0.0950. The number of aromatic amines is 1. The van der Waals surface area contributed by atoms with Crippen molar-refractivity contribution in [3.63, 3.8) is 0 Å². The van der Waals surface area contributed by atoms with E-state index in [-0.39, 0.29) is 5.91 Å². The molecule has 29 heavy (non-hydrogen) atoms. The van der Waals surface area contributed by atoms with Gasteiger partial charge in [0.1, 0.15) is 5.69 Å². The number of anilines is 1. The van der Waals surface area contributed by atoms with Gasteiger partial charge in [-0.3, -0.25) is 9.89 Å². The lowest BCUT2D eigenvalue weighted by atomic mass is 10.1. The van der Waals surface area contributed by atoms with Crippen LogP contribution >= 0.6 is 23.2 Å². The van der Waals surface area contributed by atoms with Crippen molar-refractivity contribution in [2.24, 2.45) is 5.10 Å². The SMILES string of the molecule is CCN(CC)c1ccc(C=NNC(=O)c2cc(-c3ccc(Cl)c(Cl)c3)n[nH]2)cc1. The summed E-state index contributed by atoms with van der Waals surface area (Å²) in [6, 6.07) is 14.8. The summed E-state index contributed by atoms with van der Waals surface area (Å²) in [7, 11) is 0. The molecule has 2 aromatic carbocycles. The zero-order chi connectivity index (χ0) is 20.8. The van der Waals surface area contributed by atoms with Crippen molar-refractivity contribution in [3.8, 4) is 11.3 Å². The Balaban J connectivity index is 1.62. The van der Waals surface area contributed by atoms with E-state index in [2.05, 4.69) is 39.5 Å². The van der Waals surface area contributed by atoms with Crippen LogP contribution in [0, 0.1) is 0 Å². The molecule has 1 amide bonds. The van der Waals surface area contributed by atoms with Gasteiger partial charge in [-0.1, -0.05) is 41.4 Å². The van der Waals surface area contributed by atoms with E-state index >= 15 is 0 Å². The average molecular weight is 430 g/mol. The van der Waals surface area contributed by atoms with Crippen molar-refractivity contribution in [2.45, 2.75) is 13.8 Å². The van der Waals surface area contributed by atoms with Crippen LogP contribution in [0.2, 0.25) is 10.0 Å². The highest BCUT2D eigenvalue weighted by Gasteiger charge is 2.11. The quantitative estimate of drug-likeness (QED) is 0.410. The van der Waals surface area contributed by atoms with Gasteiger partial charge in [0.05, 0.1) is 22.0 Å². The monoisotopic (exact) mass is 429 g/mol. The lowest BCUT2D eigenvalue weighted by Gasteiger charge is -2.20. The Morgan fingerprint density at radius 2 is 1.83 bits per heavy atom. The summed E-state index contributed by atoms with van der Waals surface area (Å²) in [5, 5.41) is 11.7. The van der Waals surface area contributed by atoms with Crippen LogP contribution in [-0.2, 0) is 0 Å². The van der Waals surface area contributed by atoms with Crippen molar-refractivity contribution in [1.82, 2.24) is 15.6 Å². The van der Waals surface area contributed by atoms with Crippen LogP contribution < -0.4 is 10.3 Å². The summed E-state index contributed by atoms with van der Waals surface area (Å²) in [5.74, 6) is -0.389. The van der Waals surface area contributed by atoms with Gasteiger partial charge in [0, 0.05) is 24.3 Å². The molecule has 0 aliphatic carbocycles. The smallest absolute Gasteiger partial charge is 0.289 e.